The largest absolute Gasteiger partial charge is 0.478 e. The van der Waals surface area contributed by atoms with Crippen molar-refractivity contribution in [2.45, 2.75) is 64.9 Å². The van der Waals surface area contributed by atoms with Crippen LogP contribution in [0.15, 0.2) is 12.1 Å². The van der Waals surface area contributed by atoms with E-state index >= 15 is 0 Å². The molecule has 0 aromatic heterocycles. The van der Waals surface area contributed by atoms with E-state index in [0.717, 1.165) is 0 Å². The summed E-state index contributed by atoms with van der Waals surface area (Å²) in [5.74, 6) is -4.86. The second-order valence-electron chi connectivity index (χ2n) is 5.56. The molecule has 1 aliphatic carbocycles. The van der Waals surface area contributed by atoms with Gasteiger partial charge in [-0.3, -0.25) is 0 Å². The third-order valence-electron chi connectivity index (χ3n) is 4.11. The molecule has 1 aromatic rings. The quantitative estimate of drug-likeness (QED) is 0.778. The Morgan fingerprint density at radius 2 is 1.88 bits per heavy atom. The number of carboxylic acid groups (broad SMARTS) is 1. The van der Waals surface area contributed by atoms with Crippen LogP contribution in [0.5, 0.6) is 0 Å². The number of ether oxygens (including phenoxy) is 1. The topological polar surface area (TPSA) is 46.5 Å². The summed E-state index contributed by atoms with van der Waals surface area (Å²) in [5.41, 5.74) is 0.284. The third kappa shape index (κ3) is 4.97. The Balaban J connectivity index is 0.00000139. The number of halogens is 3. The van der Waals surface area contributed by atoms with Crippen LogP contribution in [0.25, 0.3) is 0 Å². The molecule has 6 heteroatoms. The summed E-state index contributed by atoms with van der Waals surface area (Å²) in [4.78, 5) is 11.6. The number of carboxylic acids is 1. The van der Waals surface area contributed by atoms with Gasteiger partial charge in [0.2, 0.25) is 5.92 Å². The zero-order chi connectivity index (χ0) is 18.3. The average molecular weight is 346 g/mol. The summed E-state index contributed by atoms with van der Waals surface area (Å²) in [5, 5.41) is 9.43. The highest BCUT2D eigenvalue weighted by molar-refractivity contribution is 5.91. The maximum Gasteiger partial charge on any atom is 0.336 e. The van der Waals surface area contributed by atoms with Gasteiger partial charge >= 0.3 is 5.97 Å². The van der Waals surface area contributed by atoms with Crippen LogP contribution in [-0.4, -0.2) is 23.6 Å². The summed E-state index contributed by atoms with van der Waals surface area (Å²) in [6, 6.07) is 2.60. The van der Waals surface area contributed by atoms with Gasteiger partial charge in [0.15, 0.2) is 0 Å². The molecule has 0 saturated heterocycles. The molecular formula is C18H25F3O3. The van der Waals surface area contributed by atoms with Gasteiger partial charge in [-0.25, -0.2) is 18.0 Å². The molecule has 0 spiro atoms. The molecule has 136 valence electrons. The molecule has 24 heavy (non-hydrogen) atoms. The van der Waals surface area contributed by atoms with E-state index in [-0.39, 0.29) is 49.3 Å². The lowest BCUT2D eigenvalue weighted by Gasteiger charge is -2.29. The molecule has 1 aliphatic rings. The zero-order valence-corrected chi connectivity index (χ0v) is 14.4. The Kier molecular flexibility index (Phi) is 7.73. The van der Waals surface area contributed by atoms with Crippen LogP contribution in [0.2, 0.25) is 0 Å². The number of rotatable bonds is 5. The molecule has 0 aliphatic heterocycles. The van der Waals surface area contributed by atoms with E-state index in [0.29, 0.717) is 12.2 Å². The lowest BCUT2D eigenvalue weighted by atomic mass is 9.79. The third-order valence-corrected chi connectivity index (χ3v) is 4.11. The Labute approximate surface area is 140 Å². The van der Waals surface area contributed by atoms with Gasteiger partial charge in [-0.1, -0.05) is 19.9 Å². The van der Waals surface area contributed by atoms with Crippen molar-refractivity contribution in [3.63, 3.8) is 0 Å². The Morgan fingerprint density at radius 1 is 1.29 bits per heavy atom. The van der Waals surface area contributed by atoms with Crippen LogP contribution < -0.4 is 0 Å². The molecule has 0 radical (unpaired) electrons. The highest BCUT2D eigenvalue weighted by Crippen LogP contribution is 2.42. The van der Waals surface area contributed by atoms with Gasteiger partial charge in [-0.2, -0.15) is 0 Å². The first kappa shape index (κ1) is 20.5. The van der Waals surface area contributed by atoms with E-state index in [1.807, 2.05) is 13.8 Å². The maximum atomic E-state index is 13.9. The smallest absolute Gasteiger partial charge is 0.336 e. The van der Waals surface area contributed by atoms with Gasteiger partial charge in [0, 0.05) is 25.0 Å². The summed E-state index contributed by atoms with van der Waals surface area (Å²) >= 11 is 0. The number of benzene rings is 1. The fourth-order valence-electron chi connectivity index (χ4n) is 2.93. The second-order valence-corrected chi connectivity index (χ2v) is 5.56. The lowest BCUT2D eigenvalue weighted by Crippen LogP contribution is -2.25. The highest BCUT2D eigenvalue weighted by Gasteiger charge is 2.37. The van der Waals surface area contributed by atoms with Crippen molar-refractivity contribution in [1.82, 2.24) is 0 Å². The number of alkyl halides is 2. The van der Waals surface area contributed by atoms with Crippen LogP contribution in [-0.2, 0) is 11.3 Å². The molecule has 0 amide bonds. The minimum Gasteiger partial charge on any atom is -0.478 e. The Hall–Kier alpha value is -1.56. The zero-order valence-electron chi connectivity index (χ0n) is 14.4. The van der Waals surface area contributed by atoms with Crippen LogP contribution in [0, 0.1) is 5.82 Å². The first-order valence-corrected chi connectivity index (χ1v) is 8.36. The van der Waals surface area contributed by atoms with Crippen molar-refractivity contribution < 1.29 is 27.8 Å². The average Bonchev–Trinajstić information content (AvgIpc) is 2.55. The van der Waals surface area contributed by atoms with E-state index in [1.54, 1.807) is 6.92 Å². The molecular weight excluding hydrogens is 321 g/mol. The van der Waals surface area contributed by atoms with Crippen molar-refractivity contribution in [3.05, 3.63) is 34.6 Å². The van der Waals surface area contributed by atoms with Gasteiger partial charge in [0.25, 0.3) is 0 Å². The predicted molar refractivity (Wildman–Crippen MR) is 86.2 cm³/mol. The summed E-state index contributed by atoms with van der Waals surface area (Å²) in [7, 11) is 0. The molecule has 1 saturated carbocycles. The van der Waals surface area contributed by atoms with Gasteiger partial charge in [0.1, 0.15) is 5.82 Å². The van der Waals surface area contributed by atoms with Crippen LogP contribution in [0.1, 0.15) is 73.9 Å². The maximum absolute atomic E-state index is 13.9. The van der Waals surface area contributed by atoms with Crippen molar-refractivity contribution in [1.29, 1.82) is 0 Å². The van der Waals surface area contributed by atoms with Crippen molar-refractivity contribution in [2.24, 2.45) is 0 Å². The van der Waals surface area contributed by atoms with Crippen molar-refractivity contribution in [3.8, 4) is 0 Å². The standard InChI is InChI=1S/C16H19F3O3.C2H6/c1-2-22-9-12-13(17)4-3-11(14(12)15(20)21)10-5-7-16(18,19)8-6-10;1-2/h3-4,10H,2,5-9H2,1H3,(H,20,21);1-2H3. The Morgan fingerprint density at radius 3 is 2.38 bits per heavy atom. The van der Waals surface area contributed by atoms with Gasteiger partial charge in [-0.05, 0) is 37.3 Å². The van der Waals surface area contributed by atoms with Gasteiger partial charge in [0.05, 0.1) is 12.2 Å². The van der Waals surface area contributed by atoms with E-state index in [4.69, 9.17) is 4.74 Å². The first-order valence-electron chi connectivity index (χ1n) is 8.36. The number of carbonyl (C=O) groups is 1. The van der Waals surface area contributed by atoms with Crippen molar-refractivity contribution >= 4 is 5.97 Å². The Bertz CT molecular complexity index is 549. The van der Waals surface area contributed by atoms with Crippen LogP contribution in [0.3, 0.4) is 0 Å². The molecule has 1 aromatic carbocycles. The van der Waals surface area contributed by atoms with Gasteiger partial charge < -0.3 is 9.84 Å². The normalized spacial score (nSPS) is 17.1. The van der Waals surface area contributed by atoms with Crippen molar-refractivity contribution in [2.75, 3.05) is 6.61 Å². The molecule has 0 bridgehead atoms. The molecule has 0 heterocycles. The molecule has 0 unspecified atom stereocenters. The lowest BCUT2D eigenvalue weighted by molar-refractivity contribution is -0.0382. The SMILES string of the molecule is CC.CCOCc1c(F)ccc(C2CCC(F)(F)CC2)c1C(=O)O. The molecule has 0 atom stereocenters. The second kappa shape index (κ2) is 9.06. The minimum absolute atomic E-state index is 0.0100. The highest BCUT2D eigenvalue weighted by atomic mass is 19.3. The molecule has 3 nitrogen and oxygen atoms in total. The first-order chi connectivity index (χ1) is 11.4. The monoisotopic (exact) mass is 346 g/mol. The number of hydrogen-bond donors (Lipinski definition) is 1. The predicted octanol–water partition coefficient (Wildman–Crippen LogP) is 5.38. The summed E-state index contributed by atoms with van der Waals surface area (Å²) < 4.78 is 45.6. The molecule has 2 rings (SSSR count). The van der Waals surface area contributed by atoms with E-state index in [9.17, 15) is 23.1 Å². The number of hydrogen-bond acceptors (Lipinski definition) is 2. The van der Waals surface area contributed by atoms with E-state index in [1.165, 1.54) is 12.1 Å². The van der Waals surface area contributed by atoms with Crippen LogP contribution in [0.4, 0.5) is 13.2 Å². The summed E-state index contributed by atoms with van der Waals surface area (Å²) in [6.07, 6.45) is -0.135. The number of aromatic carboxylic acids is 1. The fourth-order valence-corrected chi connectivity index (χ4v) is 2.93. The minimum atomic E-state index is -2.69. The van der Waals surface area contributed by atoms with Gasteiger partial charge in [-0.15, -0.1) is 0 Å². The fraction of sp³-hybridized carbons (Fsp3) is 0.611. The van der Waals surface area contributed by atoms with E-state index < -0.39 is 17.7 Å². The molecule has 1 N–H and O–H groups in total. The van der Waals surface area contributed by atoms with Crippen LogP contribution >= 0.6 is 0 Å². The molecule has 1 fully saturated rings. The van der Waals surface area contributed by atoms with E-state index in [2.05, 4.69) is 0 Å². The summed E-state index contributed by atoms with van der Waals surface area (Å²) in [6.45, 7) is 5.92.